The van der Waals surface area contributed by atoms with Crippen LogP contribution in [0, 0.1) is 0 Å². The first-order valence-electron chi connectivity index (χ1n) is 26.6. The summed E-state index contributed by atoms with van der Waals surface area (Å²) in [7, 11) is 0. The number of amides is 1. The van der Waals surface area contributed by atoms with Crippen molar-refractivity contribution in [2.24, 2.45) is 0 Å². The molecule has 0 aromatic carbocycles. The van der Waals surface area contributed by atoms with Gasteiger partial charge in [0, 0.05) is 12.8 Å². The quantitative estimate of drug-likeness (QED) is 0.0322. The summed E-state index contributed by atoms with van der Waals surface area (Å²) in [5.41, 5.74) is 0. The van der Waals surface area contributed by atoms with Crippen LogP contribution in [0.2, 0.25) is 0 Å². The number of aliphatic hydroxyl groups excluding tert-OH is 2. The van der Waals surface area contributed by atoms with E-state index in [4.69, 9.17) is 4.74 Å². The molecule has 1 amide bonds. The second-order valence-corrected chi connectivity index (χ2v) is 18.2. The highest BCUT2D eigenvalue weighted by molar-refractivity contribution is 5.76. The summed E-state index contributed by atoms with van der Waals surface area (Å²) in [6.45, 7) is 4.86. The van der Waals surface area contributed by atoms with Gasteiger partial charge < -0.3 is 20.3 Å². The fraction of sp³-hybridized carbons (Fsp3) is 0.889. The Hall–Kier alpha value is -1.66. The van der Waals surface area contributed by atoms with E-state index in [1.165, 1.54) is 212 Å². The molecule has 0 aliphatic rings. The van der Waals surface area contributed by atoms with Crippen LogP contribution in [0.15, 0.2) is 24.3 Å². The molecule has 0 saturated carbocycles. The maximum Gasteiger partial charge on any atom is 0.305 e. The van der Waals surface area contributed by atoms with Crippen molar-refractivity contribution < 1.29 is 24.5 Å². The monoisotopic (exact) mass is 846 g/mol. The molecule has 0 aromatic rings. The second-order valence-electron chi connectivity index (χ2n) is 18.2. The molecule has 0 saturated heterocycles. The minimum atomic E-state index is -0.843. The van der Waals surface area contributed by atoms with E-state index < -0.39 is 12.1 Å². The smallest absolute Gasteiger partial charge is 0.305 e. The molecule has 0 fully saturated rings. The van der Waals surface area contributed by atoms with Crippen LogP contribution in [-0.2, 0) is 14.3 Å². The van der Waals surface area contributed by atoms with Crippen LogP contribution < -0.4 is 5.32 Å². The first-order chi connectivity index (χ1) is 29.5. The summed E-state index contributed by atoms with van der Waals surface area (Å²) < 4.78 is 5.46. The van der Waals surface area contributed by atoms with Crippen molar-refractivity contribution in [2.45, 2.75) is 296 Å². The molecule has 0 aliphatic carbocycles. The lowest BCUT2D eigenvalue weighted by Gasteiger charge is -2.20. The number of nitrogens with one attached hydrogen (secondary N) is 1. The highest BCUT2D eigenvalue weighted by atomic mass is 16.5. The highest BCUT2D eigenvalue weighted by Crippen LogP contribution is 2.16. The maximum atomic E-state index is 12.4. The van der Waals surface area contributed by atoms with Gasteiger partial charge in [0.15, 0.2) is 0 Å². The van der Waals surface area contributed by atoms with Gasteiger partial charge in [0.05, 0.1) is 25.4 Å². The van der Waals surface area contributed by atoms with Crippen molar-refractivity contribution in [2.75, 3.05) is 13.2 Å². The molecule has 0 radical (unpaired) electrons. The predicted octanol–water partition coefficient (Wildman–Crippen LogP) is 15.9. The average Bonchev–Trinajstić information content (AvgIpc) is 3.25. The Labute approximate surface area is 373 Å². The van der Waals surface area contributed by atoms with E-state index in [1.807, 2.05) is 6.08 Å². The number of hydrogen-bond donors (Lipinski definition) is 3. The van der Waals surface area contributed by atoms with E-state index in [-0.39, 0.29) is 18.5 Å². The van der Waals surface area contributed by atoms with Gasteiger partial charge in [0.1, 0.15) is 0 Å². The first kappa shape index (κ1) is 58.3. The van der Waals surface area contributed by atoms with Gasteiger partial charge in [-0.25, -0.2) is 0 Å². The van der Waals surface area contributed by atoms with E-state index in [0.29, 0.717) is 19.4 Å². The zero-order chi connectivity index (χ0) is 43.7. The Morgan fingerprint density at radius 1 is 0.450 bits per heavy atom. The van der Waals surface area contributed by atoms with Gasteiger partial charge in [-0.15, -0.1) is 0 Å². The zero-order valence-electron chi connectivity index (χ0n) is 40.2. The van der Waals surface area contributed by atoms with Crippen LogP contribution in [-0.4, -0.2) is 47.4 Å². The Morgan fingerprint density at radius 3 is 1.20 bits per heavy atom. The van der Waals surface area contributed by atoms with Crippen LogP contribution in [0.5, 0.6) is 0 Å². The molecule has 0 spiro atoms. The first-order valence-corrected chi connectivity index (χ1v) is 26.6. The van der Waals surface area contributed by atoms with E-state index in [2.05, 4.69) is 31.3 Å². The summed E-state index contributed by atoms with van der Waals surface area (Å²) in [5, 5.41) is 22.9. The molecule has 0 aromatic heterocycles. The number of carbonyl (C=O) groups is 2. The molecule has 3 N–H and O–H groups in total. The Balaban J connectivity index is 3.39. The highest BCUT2D eigenvalue weighted by Gasteiger charge is 2.18. The molecule has 0 aliphatic heterocycles. The third kappa shape index (κ3) is 45.9. The largest absolute Gasteiger partial charge is 0.466 e. The minimum Gasteiger partial charge on any atom is -0.466 e. The predicted molar refractivity (Wildman–Crippen MR) is 260 cm³/mol. The third-order valence-corrected chi connectivity index (χ3v) is 12.2. The molecule has 2 unspecified atom stereocenters. The molecular weight excluding hydrogens is 743 g/mol. The summed E-state index contributed by atoms with van der Waals surface area (Å²) in [5.74, 6) is -0.0717. The molecule has 354 valence electrons. The standard InChI is InChI=1S/C54H103NO5/c1-3-5-7-9-11-13-15-24-28-32-36-40-44-48-54(59)60-49-45-41-37-33-29-26-23-21-19-17-16-18-20-22-25-27-31-35-39-43-47-53(58)55-51(50-56)52(57)46-42-38-34-30-14-12-10-8-6-4-2/h13,15,42,46,51-52,56-57H,3-12,14,16-41,43-45,47-50H2,1-2H3,(H,55,58)/b15-13-,46-42+. The topological polar surface area (TPSA) is 95.9 Å². The Kier molecular flexibility index (Phi) is 48.6. The summed E-state index contributed by atoms with van der Waals surface area (Å²) >= 11 is 0. The molecular formula is C54H103NO5. The number of carbonyl (C=O) groups excluding carboxylic acids is 2. The van der Waals surface area contributed by atoms with Crippen molar-refractivity contribution >= 4 is 11.9 Å². The number of hydrogen-bond acceptors (Lipinski definition) is 5. The second kappa shape index (κ2) is 50.0. The van der Waals surface area contributed by atoms with Gasteiger partial charge >= 0.3 is 5.97 Å². The zero-order valence-corrected chi connectivity index (χ0v) is 40.2. The van der Waals surface area contributed by atoms with Gasteiger partial charge in [-0.3, -0.25) is 9.59 Å². The molecule has 6 nitrogen and oxygen atoms in total. The molecule has 6 heteroatoms. The van der Waals surface area contributed by atoms with Gasteiger partial charge in [-0.2, -0.15) is 0 Å². The average molecular weight is 846 g/mol. The summed E-state index contributed by atoms with van der Waals surface area (Å²) in [6, 6.07) is -0.627. The van der Waals surface area contributed by atoms with Crippen molar-refractivity contribution in [1.29, 1.82) is 0 Å². The number of allylic oxidation sites excluding steroid dienone is 3. The number of esters is 1. The van der Waals surface area contributed by atoms with E-state index in [0.717, 1.165) is 44.9 Å². The fourth-order valence-corrected chi connectivity index (χ4v) is 8.10. The Morgan fingerprint density at radius 2 is 0.783 bits per heavy atom. The third-order valence-electron chi connectivity index (χ3n) is 12.2. The van der Waals surface area contributed by atoms with Crippen molar-refractivity contribution in [3.63, 3.8) is 0 Å². The van der Waals surface area contributed by atoms with Crippen LogP contribution in [0.4, 0.5) is 0 Å². The fourth-order valence-electron chi connectivity index (χ4n) is 8.10. The van der Waals surface area contributed by atoms with Crippen molar-refractivity contribution in [3.05, 3.63) is 24.3 Å². The van der Waals surface area contributed by atoms with Crippen LogP contribution >= 0.6 is 0 Å². The number of aliphatic hydroxyl groups is 2. The number of rotatable bonds is 49. The van der Waals surface area contributed by atoms with E-state index in [1.54, 1.807) is 6.08 Å². The molecule has 0 bridgehead atoms. The van der Waals surface area contributed by atoms with Crippen molar-refractivity contribution in [1.82, 2.24) is 5.32 Å². The SMILES string of the molecule is CCCCCC/C=C\CCCCCCCC(=O)OCCCCCCCCCCCCCCCCCCCCCCC(=O)NC(CO)C(O)/C=C/CCCCCCCCCC. The molecule has 60 heavy (non-hydrogen) atoms. The number of ether oxygens (including phenoxy) is 1. The summed E-state index contributed by atoms with van der Waals surface area (Å²) in [4.78, 5) is 24.4. The van der Waals surface area contributed by atoms with Crippen LogP contribution in [0.3, 0.4) is 0 Å². The molecule has 2 atom stereocenters. The lowest BCUT2D eigenvalue weighted by atomic mass is 10.0. The van der Waals surface area contributed by atoms with E-state index in [9.17, 15) is 19.8 Å². The molecule has 0 rings (SSSR count). The van der Waals surface area contributed by atoms with Gasteiger partial charge in [-0.1, -0.05) is 237 Å². The molecule has 0 heterocycles. The van der Waals surface area contributed by atoms with Gasteiger partial charge in [0.2, 0.25) is 5.91 Å². The van der Waals surface area contributed by atoms with E-state index >= 15 is 0 Å². The van der Waals surface area contributed by atoms with Crippen LogP contribution in [0.1, 0.15) is 284 Å². The number of unbranched alkanes of at least 4 members (excludes halogenated alkanes) is 36. The van der Waals surface area contributed by atoms with Crippen molar-refractivity contribution in [3.8, 4) is 0 Å². The minimum absolute atomic E-state index is 0.000223. The lowest BCUT2D eigenvalue weighted by Crippen LogP contribution is -2.45. The summed E-state index contributed by atoms with van der Waals surface area (Å²) in [6.07, 6.45) is 59.0. The normalized spacial score (nSPS) is 12.8. The van der Waals surface area contributed by atoms with Gasteiger partial charge in [0.25, 0.3) is 0 Å². The van der Waals surface area contributed by atoms with Crippen LogP contribution in [0.25, 0.3) is 0 Å². The Bertz CT molecular complexity index is 935. The van der Waals surface area contributed by atoms with Gasteiger partial charge in [-0.05, 0) is 57.8 Å². The lowest BCUT2D eigenvalue weighted by molar-refractivity contribution is -0.143. The maximum absolute atomic E-state index is 12.4.